The van der Waals surface area contributed by atoms with Crippen LogP contribution in [0.25, 0.3) is 22.2 Å². The van der Waals surface area contributed by atoms with Gasteiger partial charge in [-0.2, -0.15) is 0 Å². The van der Waals surface area contributed by atoms with Crippen molar-refractivity contribution in [3.8, 4) is 22.2 Å². The summed E-state index contributed by atoms with van der Waals surface area (Å²) in [6, 6.07) is 16.4. The van der Waals surface area contributed by atoms with Crippen molar-refractivity contribution in [2.75, 3.05) is 0 Å². The van der Waals surface area contributed by atoms with E-state index in [0.29, 0.717) is 0 Å². The molecule has 7 heteroatoms. The smallest absolute Gasteiger partial charge is 0.313 e. The Kier molecular flexibility index (Phi) is 5.06. The lowest BCUT2D eigenvalue weighted by Crippen LogP contribution is -3.00. The molecule has 0 atom stereocenters. The van der Waals surface area contributed by atoms with E-state index in [1.54, 1.807) is 22.3 Å². The highest BCUT2D eigenvalue weighted by Crippen LogP contribution is 2.20. The molecule has 0 N–H and O–H groups in total. The summed E-state index contributed by atoms with van der Waals surface area (Å²) in [5, 5.41) is 11.6. The normalized spacial score (nSPS) is 10.5. The minimum atomic E-state index is 0. The molecule has 0 aliphatic heterocycles. The summed E-state index contributed by atoms with van der Waals surface area (Å²) in [7, 11) is 0. The molecule has 0 spiro atoms. The SMILES string of the molecule is Cc1cc(C)cc(-c2nnn(-c3ccccc3)[n+]2-c2nccs2)c1.[Br-]. The van der Waals surface area contributed by atoms with Crippen LogP contribution in [-0.2, 0) is 0 Å². The Morgan fingerprint density at radius 3 is 2.36 bits per heavy atom. The first-order valence-electron chi connectivity index (χ1n) is 7.64. The molecule has 2 heterocycles. The van der Waals surface area contributed by atoms with Crippen LogP contribution in [0.5, 0.6) is 0 Å². The van der Waals surface area contributed by atoms with Crippen LogP contribution in [-0.4, -0.2) is 20.1 Å². The molecule has 4 rings (SSSR count). The van der Waals surface area contributed by atoms with Crippen molar-refractivity contribution in [2.24, 2.45) is 0 Å². The van der Waals surface area contributed by atoms with Crippen LogP contribution in [0.4, 0.5) is 0 Å². The molecule has 2 aromatic carbocycles. The molecule has 2 aromatic heterocycles. The highest BCUT2D eigenvalue weighted by molar-refractivity contribution is 7.11. The molecule has 0 bridgehead atoms. The summed E-state index contributed by atoms with van der Waals surface area (Å²) in [5.41, 5.74) is 4.37. The van der Waals surface area contributed by atoms with Crippen molar-refractivity contribution in [3.63, 3.8) is 0 Å². The lowest BCUT2D eigenvalue weighted by molar-refractivity contribution is -0.669. The van der Waals surface area contributed by atoms with Crippen LogP contribution >= 0.6 is 11.3 Å². The average molecular weight is 414 g/mol. The summed E-state index contributed by atoms with van der Waals surface area (Å²) in [6.45, 7) is 4.18. The number of nitrogens with zero attached hydrogens (tertiary/aromatic N) is 5. The molecule has 0 unspecified atom stereocenters. The van der Waals surface area contributed by atoms with Crippen molar-refractivity contribution in [2.45, 2.75) is 13.8 Å². The first-order chi connectivity index (χ1) is 11.7. The topological polar surface area (TPSA) is 47.5 Å². The zero-order chi connectivity index (χ0) is 16.5. The highest BCUT2D eigenvalue weighted by atomic mass is 79.9. The Bertz CT molecular complexity index is 960. The molecule has 0 amide bonds. The third kappa shape index (κ3) is 3.38. The summed E-state index contributed by atoms with van der Waals surface area (Å²) in [4.78, 5) is 6.24. The average Bonchev–Trinajstić information content (AvgIpc) is 3.24. The third-order valence-corrected chi connectivity index (χ3v) is 4.43. The molecular formula is C18H16BrN5S. The second-order valence-electron chi connectivity index (χ2n) is 5.64. The summed E-state index contributed by atoms with van der Waals surface area (Å²) >= 11 is 1.56. The van der Waals surface area contributed by atoms with E-state index >= 15 is 0 Å². The molecule has 126 valence electrons. The fourth-order valence-corrected chi connectivity index (χ4v) is 3.39. The van der Waals surface area contributed by atoms with E-state index in [2.05, 4.69) is 47.3 Å². The van der Waals surface area contributed by atoms with Gasteiger partial charge < -0.3 is 17.0 Å². The monoisotopic (exact) mass is 413 g/mol. The lowest BCUT2D eigenvalue weighted by Gasteiger charge is -2.04. The zero-order valence-corrected chi connectivity index (χ0v) is 16.2. The number of para-hydroxylation sites is 1. The molecule has 0 saturated heterocycles. The molecule has 5 nitrogen and oxygen atoms in total. The molecule has 0 saturated carbocycles. The van der Waals surface area contributed by atoms with Crippen molar-refractivity contribution in [1.82, 2.24) is 20.1 Å². The standard InChI is InChI=1S/C18H16N5S.BrH/c1-13-10-14(2)12-15(11-13)17-20-21-23(16-6-4-3-5-7-16)22(17)18-19-8-9-24-18;/h3-12H,1-2H3;1H/q+1;/p-1. The van der Waals surface area contributed by atoms with Crippen LogP contribution in [0.2, 0.25) is 0 Å². The van der Waals surface area contributed by atoms with Crippen LogP contribution in [0.3, 0.4) is 0 Å². The van der Waals surface area contributed by atoms with Gasteiger partial charge in [-0.05, 0) is 42.9 Å². The third-order valence-electron chi connectivity index (χ3n) is 3.68. The number of aromatic nitrogens is 5. The minimum absolute atomic E-state index is 0. The quantitative estimate of drug-likeness (QED) is 0.453. The molecular weight excluding hydrogens is 398 g/mol. The number of rotatable bonds is 3. The first kappa shape index (κ1) is 17.4. The highest BCUT2D eigenvalue weighted by Gasteiger charge is 2.25. The van der Waals surface area contributed by atoms with Gasteiger partial charge in [0.15, 0.2) is 0 Å². The van der Waals surface area contributed by atoms with Gasteiger partial charge in [0.25, 0.3) is 0 Å². The van der Waals surface area contributed by atoms with Crippen molar-refractivity contribution in [1.29, 1.82) is 0 Å². The molecule has 0 fully saturated rings. The second-order valence-corrected chi connectivity index (χ2v) is 6.51. The molecule has 0 aliphatic rings. The van der Waals surface area contributed by atoms with E-state index in [9.17, 15) is 0 Å². The predicted octanol–water partition coefficient (Wildman–Crippen LogP) is 0.288. The Hall–Kier alpha value is -2.38. The maximum atomic E-state index is 4.46. The first-order valence-corrected chi connectivity index (χ1v) is 8.52. The van der Waals surface area contributed by atoms with E-state index in [0.717, 1.165) is 22.2 Å². The number of thiazole rings is 1. The molecule has 0 aliphatic carbocycles. The van der Waals surface area contributed by atoms with Crippen LogP contribution in [0.15, 0.2) is 60.1 Å². The predicted molar refractivity (Wildman–Crippen MR) is 93.5 cm³/mol. The van der Waals surface area contributed by atoms with Gasteiger partial charge in [-0.25, -0.2) is 0 Å². The van der Waals surface area contributed by atoms with Crippen molar-refractivity contribution >= 4 is 11.3 Å². The zero-order valence-electron chi connectivity index (χ0n) is 13.8. The van der Waals surface area contributed by atoms with Crippen LogP contribution < -0.4 is 21.7 Å². The molecule has 25 heavy (non-hydrogen) atoms. The van der Waals surface area contributed by atoms with E-state index < -0.39 is 0 Å². The van der Waals surface area contributed by atoms with Crippen molar-refractivity contribution < 1.29 is 21.7 Å². The fraction of sp³-hybridized carbons (Fsp3) is 0.111. The fourth-order valence-electron chi connectivity index (χ4n) is 2.76. The van der Waals surface area contributed by atoms with Gasteiger partial charge in [-0.1, -0.05) is 51.4 Å². The van der Waals surface area contributed by atoms with Gasteiger partial charge in [0.1, 0.15) is 10.9 Å². The number of benzene rings is 2. The summed E-state index contributed by atoms with van der Waals surface area (Å²) in [6.07, 6.45) is 1.79. The summed E-state index contributed by atoms with van der Waals surface area (Å²) < 4.78 is 1.95. The maximum Gasteiger partial charge on any atom is 0.313 e. The van der Waals surface area contributed by atoms with Gasteiger partial charge in [0.05, 0.1) is 11.3 Å². The van der Waals surface area contributed by atoms with Crippen LogP contribution in [0.1, 0.15) is 11.1 Å². The van der Waals surface area contributed by atoms with Gasteiger partial charge in [-0.15, -0.1) is 4.98 Å². The maximum absolute atomic E-state index is 4.46. The Morgan fingerprint density at radius 2 is 1.72 bits per heavy atom. The Morgan fingerprint density at radius 1 is 1.00 bits per heavy atom. The van der Waals surface area contributed by atoms with E-state index in [4.69, 9.17) is 0 Å². The van der Waals surface area contributed by atoms with Crippen LogP contribution in [0, 0.1) is 13.8 Å². The number of aryl methyl sites for hydroxylation is 2. The van der Waals surface area contributed by atoms with E-state index in [1.165, 1.54) is 11.1 Å². The molecule has 0 radical (unpaired) electrons. The second kappa shape index (κ2) is 7.25. The molecule has 4 aromatic rings. The summed E-state index contributed by atoms with van der Waals surface area (Å²) in [5.74, 6) is 0.778. The number of hydrogen-bond acceptors (Lipinski definition) is 4. The Balaban J connectivity index is 0.00000182. The van der Waals surface area contributed by atoms with Gasteiger partial charge in [-0.3, -0.25) is 0 Å². The number of halogens is 1. The van der Waals surface area contributed by atoms with Gasteiger partial charge in [0, 0.05) is 10.9 Å². The van der Waals surface area contributed by atoms with Crippen molar-refractivity contribution in [3.05, 3.63) is 71.2 Å². The largest absolute Gasteiger partial charge is 1.00 e. The van der Waals surface area contributed by atoms with E-state index in [1.807, 2.05) is 40.4 Å². The van der Waals surface area contributed by atoms with Gasteiger partial charge >= 0.3 is 11.0 Å². The number of hydrogen-bond donors (Lipinski definition) is 0. The Labute approximate surface area is 160 Å². The van der Waals surface area contributed by atoms with E-state index in [-0.39, 0.29) is 17.0 Å². The van der Waals surface area contributed by atoms with Gasteiger partial charge in [0.2, 0.25) is 0 Å². The lowest BCUT2D eigenvalue weighted by atomic mass is 10.1. The number of tetrazole rings is 1. The minimum Gasteiger partial charge on any atom is -1.00 e.